The van der Waals surface area contributed by atoms with Crippen LogP contribution in [0.2, 0.25) is 0 Å². The van der Waals surface area contributed by atoms with Crippen LogP contribution in [0.3, 0.4) is 0 Å². The molecule has 1 aromatic rings. The molecule has 2 unspecified atom stereocenters. The second kappa shape index (κ2) is 7.10. The van der Waals surface area contributed by atoms with E-state index in [0.717, 1.165) is 29.9 Å². The number of nitrogens with zero attached hydrogens (tertiary/aromatic N) is 2. The number of methoxy groups -OCH3 is 2. The van der Waals surface area contributed by atoms with E-state index in [-0.39, 0.29) is 0 Å². The Bertz CT molecular complexity index is 518. The highest BCUT2D eigenvalue weighted by Crippen LogP contribution is 2.32. The van der Waals surface area contributed by atoms with Crippen LogP contribution in [0, 0.1) is 11.8 Å². The largest absolute Gasteiger partial charge is 0.493 e. The van der Waals surface area contributed by atoms with E-state index in [1.807, 2.05) is 6.07 Å². The van der Waals surface area contributed by atoms with Crippen molar-refractivity contribution in [3.8, 4) is 11.5 Å². The third kappa shape index (κ3) is 3.81. The molecule has 1 aromatic carbocycles. The molecular weight excluding hydrogens is 288 g/mol. The van der Waals surface area contributed by atoms with Gasteiger partial charge < -0.3 is 14.4 Å². The summed E-state index contributed by atoms with van der Waals surface area (Å²) in [5, 5.41) is 0. The van der Waals surface area contributed by atoms with Crippen LogP contribution in [0.1, 0.15) is 25.8 Å². The highest BCUT2D eigenvalue weighted by molar-refractivity contribution is 5.42. The lowest BCUT2D eigenvalue weighted by Gasteiger charge is -2.47. The molecular formula is C19H30N2O2. The number of hydrogen-bond acceptors (Lipinski definition) is 4. The minimum atomic E-state index is 0.678. The molecule has 2 fully saturated rings. The van der Waals surface area contributed by atoms with E-state index in [1.54, 1.807) is 14.2 Å². The van der Waals surface area contributed by atoms with E-state index in [1.165, 1.54) is 38.2 Å². The predicted molar refractivity (Wildman–Crippen MR) is 93.1 cm³/mol. The fraction of sp³-hybridized carbons (Fsp3) is 0.684. The maximum absolute atomic E-state index is 5.43. The summed E-state index contributed by atoms with van der Waals surface area (Å²) in [6.07, 6.45) is 1.41. The summed E-state index contributed by atoms with van der Waals surface area (Å²) >= 11 is 0. The number of piperidine rings is 2. The molecule has 2 atom stereocenters. The molecule has 128 valence electrons. The summed E-state index contributed by atoms with van der Waals surface area (Å²) in [6, 6.07) is 6.97. The van der Waals surface area contributed by atoms with Crippen LogP contribution in [-0.4, -0.2) is 56.2 Å². The van der Waals surface area contributed by atoms with Gasteiger partial charge in [0, 0.05) is 38.8 Å². The maximum atomic E-state index is 5.43. The van der Waals surface area contributed by atoms with Gasteiger partial charge in [-0.2, -0.15) is 0 Å². The first kappa shape index (κ1) is 16.6. The third-order valence-corrected chi connectivity index (χ3v) is 5.27. The minimum Gasteiger partial charge on any atom is -0.493 e. The number of rotatable bonds is 5. The number of benzene rings is 1. The second-order valence-electron chi connectivity index (χ2n) is 7.40. The van der Waals surface area contributed by atoms with Crippen molar-refractivity contribution in [3.05, 3.63) is 23.8 Å². The lowest BCUT2D eigenvalue weighted by atomic mass is 9.84. The summed E-state index contributed by atoms with van der Waals surface area (Å²) in [7, 11) is 3.39. The zero-order valence-electron chi connectivity index (χ0n) is 14.9. The molecule has 2 saturated heterocycles. The zero-order valence-corrected chi connectivity index (χ0v) is 14.9. The molecule has 2 bridgehead atoms. The van der Waals surface area contributed by atoms with Gasteiger partial charge in [-0.1, -0.05) is 6.07 Å². The highest BCUT2D eigenvalue weighted by atomic mass is 16.5. The monoisotopic (exact) mass is 318 g/mol. The van der Waals surface area contributed by atoms with E-state index in [2.05, 4.69) is 35.8 Å². The van der Waals surface area contributed by atoms with E-state index in [0.29, 0.717) is 6.04 Å². The predicted octanol–water partition coefficient (Wildman–Crippen LogP) is 2.87. The van der Waals surface area contributed by atoms with Crippen molar-refractivity contribution in [2.45, 2.75) is 32.9 Å². The molecule has 2 aliphatic rings. The molecule has 2 aliphatic heterocycles. The maximum Gasteiger partial charge on any atom is 0.161 e. The first-order chi connectivity index (χ1) is 11.1. The lowest BCUT2D eigenvalue weighted by molar-refractivity contribution is 0.0144. The van der Waals surface area contributed by atoms with Gasteiger partial charge in [0.2, 0.25) is 0 Å². The van der Waals surface area contributed by atoms with Gasteiger partial charge in [-0.3, -0.25) is 4.90 Å². The molecule has 4 nitrogen and oxygen atoms in total. The van der Waals surface area contributed by atoms with Crippen molar-refractivity contribution in [2.24, 2.45) is 11.8 Å². The second-order valence-corrected chi connectivity index (χ2v) is 7.40. The summed E-state index contributed by atoms with van der Waals surface area (Å²) in [5.74, 6) is 3.28. The van der Waals surface area contributed by atoms with Gasteiger partial charge in [0.25, 0.3) is 0 Å². The minimum absolute atomic E-state index is 0.678. The first-order valence-electron chi connectivity index (χ1n) is 8.76. The topological polar surface area (TPSA) is 24.9 Å². The lowest BCUT2D eigenvalue weighted by Crippen LogP contribution is -2.53. The van der Waals surface area contributed by atoms with Crippen LogP contribution in [0.5, 0.6) is 11.5 Å². The molecule has 23 heavy (non-hydrogen) atoms. The number of fused-ring (bicyclic) bond motifs is 2. The molecule has 0 aromatic heterocycles. The Balaban J connectivity index is 1.64. The standard InChI is InChI=1S/C19H30N2O2/c1-14(2)21-12-16-7-17(13-21)11-20(10-16)9-15-5-6-18(22-3)19(8-15)23-4/h5-6,8,14,16-17H,7,9-13H2,1-4H3. The van der Waals surface area contributed by atoms with E-state index >= 15 is 0 Å². The van der Waals surface area contributed by atoms with Crippen LogP contribution in [0.25, 0.3) is 0 Å². The molecule has 0 saturated carbocycles. The van der Waals surface area contributed by atoms with Crippen molar-refractivity contribution in [3.63, 3.8) is 0 Å². The average Bonchev–Trinajstić information content (AvgIpc) is 2.53. The number of hydrogen-bond donors (Lipinski definition) is 0. The first-order valence-corrected chi connectivity index (χ1v) is 8.76. The average molecular weight is 318 g/mol. The SMILES string of the molecule is COc1ccc(CN2CC3CC(C2)CN(C(C)C)C3)cc1OC. The van der Waals surface area contributed by atoms with Crippen molar-refractivity contribution >= 4 is 0 Å². The smallest absolute Gasteiger partial charge is 0.161 e. The summed E-state index contributed by atoms with van der Waals surface area (Å²) in [4.78, 5) is 5.28. The molecule has 3 rings (SSSR count). The molecule has 0 amide bonds. The van der Waals surface area contributed by atoms with Gasteiger partial charge in [-0.15, -0.1) is 0 Å². The summed E-state index contributed by atoms with van der Waals surface area (Å²) in [5.41, 5.74) is 1.31. The van der Waals surface area contributed by atoms with E-state index in [4.69, 9.17) is 9.47 Å². The van der Waals surface area contributed by atoms with Crippen molar-refractivity contribution in [1.82, 2.24) is 9.80 Å². The molecule has 0 radical (unpaired) electrons. The van der Waals surface area contributed by atoms with Gasteiger partial charge in [-0.05, 0) is 49.8 Å². The molecule has 0 N–H and O–H groups in total. The van der Waals surface area contributed by atoms with Gasteiger partial charge in [0.1, 0.15) is 0 Å². The van der Waals surface area contributed by atoms with Crippen molar-refractivity contribution < 1.29 is 9.47 Å². The Morgan fingerprint density at radius 3 is 2.22 bits per heavy atom. The van der Waals surface area contributed by atoms with Crippen LogP contribution >= 0.6 is 0 Å². The van der Waals surface area contributed by atoms with Crippen molar-refractivity contribution in [1.29, 1.82) is 0 Å². The third-order valence-electron chi connectivity index (χ3n) is 5.27. The Morgan fingerprint density at radius 2 is 1.65 bits per heavy atom. The molecule has 0 aliphatic carbocycles. The van der Waals surface area contributed by atoms with E-state index < -0.39 is 0 Å². The number of ether oxygens (including phenoxy) is 2. The molecule has 4 heteroatoms. The Kier molecular flexibility index (Phi) is 5.12. The van der Waals surface area contributed by atoms with Gasteiger partial charge >= 0.3 is 0 Å². The van der Waals surface area contributed by atoms with Gasteiger partial charge in [0.15, 0.2) is 11.5 Å². The summed E-state index contributed by atoms with van der Waals surface area (Å²) in [6.45, 7) is 10.6. The number of likely N-dealkylation sites (tertiary alicyclic amines) is 2. The quantitative estimate of drug-likeness (QED) is 0.833. The van der Waals surface area contributed by atoms with Crippen LogP contribution in [-0.2, 0) is 6.54 Å². The van der Waals surface area contributed by atoms with Gasteiger partial charge in [-0.25, -0.2) is 0 Å². The molecule has 2 heterocycles. The zero-order chi connectivity index (χ0) is 16.4. The Labute approximate surface area is 140 Å². The fourth-order valence-electron chi connectivity index (χ4n) is 4.22. The fourth-order valence-corrected chi connectivity index (χ4v) is 4.22. The van der Waals surface area contributed by atoms with E-state index in [9.17, 15) is 0 Å². The van der Waals surface area contributed by atoms with Crippen molar-refractivity contribution in [2.75, 3.05) is 40.4 Å². The van der Waals surface area contributed by atoms with Gasteiger partial charge in [0.05, 0.1) is 14.2 Å². The molecule has 0 spiro atoms. The Hall–Kier alpha value is -1.26. The van der Waals surface area contributed by atoms with Crippen LogP contribution in [0.4, 0.5) is 0 Å². The van der Waals surface area contributed by atoms with Crippen LogP contribution < -0.4 is 9.47 Å². The summed E-state index contributed by atoms with van der Waals surface area (Å²) < 4.78 is 10.8. The van der Waals surface area contributed by atoms with Crippen LogP contribution in [0.15, 0.2) is 18.2 Å². The Morgan fingerprint density at radius 1 is 1.00 bits per heavy atom. The highest BCUT2D eigenvalue weighted by Gasteiger charge is 2.34. The normalized spacial score (nSPS) is 25.6.